The van der Waals surface area contributed by atoms with E-state index in [4.69, 9.17) is 4.42 Å². The third kappa shape index (κ3) is 4.45. The van der Waals surface area contributed by atoms with Crippen LogP contribution < -0.4 is 5.32 Å². The number of hydrogen-bond acceptors (Lipinski definition) is 5. The third-order valence-electron chi connectivity index (χ3n) is 5.82. The number of likely N-dealkylation sites (tertiary alicyclic amines) is 1. The maximum absolute atomic E-state index is 13.1. The van der Waals surface area contributed by atoms with Crippen molar-refractivity contribution in [1.82, 2.24) is 15.1 Å². The molecular weight excluding hydrogens is 370 g/mol. The number of likely N-dealkylation sites (N-methyl/N-ethyl adjacent to an activating group) is 1. The van der Waals surface area contributed by atoms with Crippen molar-refractivity contribution in [2.75, 3.05) is 20.6 Å². The lowest BCUT2D eigenvalue weighted by molar-refractivity contribution is -0.148. The average molecular weight is 402 g/mol. The number of fused-ring (bicyclic) bond motifs is 1. The van der Waals surface area contributed by atoms with E-state index in [-0.39, 0.29) is 41.5 Å². The van der Waals surface area contributed by atoms with Gasteiger partial charge < -0.3 is 9.73 Å². The highest BCUT2D eigenvalue weighted by Gasteiger charge is 2.51. The molecule has 1 aromatic heterocycles. The summed E-state index contributed by atoms with van der Waals surface area (Å²) in [6.45, 7) is 4.31. The fraction of sp³-hybridized carbons (Fsp3) is 0.591. The average Bonchev–Trinajstić information content (AvgIpc) is 3.28. The Morgan fingerprint density at radius 3 is 2.31 bits per heavy atom. The molecule has 7 heteroatoms. The number of rotatable bonds is 8. The van der Waals surface area contributed by atoms with Crippen LogP contribution in [0.1, 0.15) is 44.9 Å². The first-order valence-electron chi connectivity index (χ1n) is 10.3. The minimum atomic E-state index is -0.778. The second-order valence-corrected chi connectivity index (χ2v) is 8.59. The van der Waals surface area contributed by atoms with Gasteiger partial charge in [0.2, 0.25) is 17.7 Å². The molecule has 1 saturated heterocycles. The number of hydrogen-bond donors (Lipinski definition) is 1. The molecule has 0 bridgehead atoms. The van der Waals surface area contributed by atoms with Gasteiger partial charge in [-0.3, -0.25) is 24.2 Å². The highest BCUT2D eigenvalue weighted by atomic mass is 16.3. The SMILES string of the molecule is CC(C)CC(C(=O)NCC(c1ccco1)N(C)C)N1C(=O)C2CC=CCC2C1=O. The number of nitrogens with zero attached hydrogens (tertiary/aromatic N) is 2. The monoisotopic (exact) mass is 401 g/mol. The lowest BCUT2D eigenvalue weighted by atomic mass is 9.85. The summed E-state index contributed by atoms with van der Waals surface area (Å²) < 4.78 is 5.49. The molecule has 7 nitrogen and oxygen atoms in total. The highest BCUT2D eigenvalue weighted by molar-refractivity contribution is 6.08. The van der Waals surface area contributed by atoms with Crippen LogP contribution in [0.25, 0.3) is 0 Å². The fourth-order valence-corrected chi connectivity index (χ4v) is 4.24. The van der Waals surface area contributed by atoms with Crippen molar-refractivity contribution in [3.63, 3.8) is 0 Å². The van der Waals surface area contributed by atoms with Crippen LogP contribution in [0.5, 0.6) is 0 Å². The molecule has 1 N–H and O–H groups in total. The van der Waals surface area contributed by atoms with Gasteiger partial charge in [0, 0.05) is 6.54 Å². The molecule has 29 heavy (non-hydrogen) atoms. The van der Waals surface area contributed by atoms with Gasteiger partial charge in [-0.05, 0) is 51.4 Å². The molecule has 4 atom stereocenters. The van der Waals surface area contributed by atoms with Crippen LogP contribution in [0, 0.1) is 17.8 Å². The van der Waals surface area contributed by atoms with Crippen molar-refractivity contribution in [3.05, 3.63) is 36.3 Å². The molecule has 0 aromatic carbocycles. The second kappa shape index (κ2) is 8.95. The van der Waals surface area contributed by atoms with Crippen molar-refractivity contribution in [2.24, 2.45) is 17.8 Å². The van der Waals surface area contributed by atoms with Crippen molar-refractivity contribution in [2.45, 2.75) is 45.2 Å². The molecule has 0 spiro atoms. The van der Waals surface area contributed by atoms with Gasteiger partial charge in [-0.2, -0.15) is 0 Å². The van der Waals surface area contributed by atoms with E-state index in [1.165, 1.54) is 4.90 Å². The Morgan fingerprint density at radius 1 is 1.21 bits per heavy atom. The minimum Gasteiger partial charge on any atom is -0.468 e. The van der Waals surface area contributed by atoms with E-state index in [9.17, 15) is 14.4 Å². The molecule has 2 aliphatic rings. The Balaban J connectivity index is 1.75. The zero-order chi connectivity index (χ0) is 21.1. The van der Waals surface area contributed by atoms with E-state index in [2.05, 4.69) is 5.32 Å². The highest BCUT2D eigenvalue weighted by Crippen LogP contribution is 2.37. The third-order valence-corrected chi connectivity index (χ3v) is 5.82. The first-order chi connectivity index (χ1) is 13.8. The summed E-state index contributed by atoms with van der Waals surface area (Å²) >= 11 is 0. The van der Waals surface area contributed by atoms with Crippen molar-refractivity contribution >= 4 is 17.7 Å². The van der Waals surface area contributed by atoms with E-state index in [1.807, 2.05) is 57.1 Å². The maximum Gasteiger partial charge on any atom is 0.243 e. The van der Waals surface area contributed by atoms with Crippen LogP contribution in [0.3, 0.4) is 0 Å². The first kappa shape index (κ1) is 21.3. The molecule has 1 aromatic rings. The Kier molecular flexibility index (Phi) is 6.57. The van der Waals surface area contributed by atoms with Gasteiger partial charge in [0.15, 0.2) is 0 Å². The van der Waals surface area contributed by atoms with Gasteiger partial charge in [-0.1, -0.05) is 26.0 Å². The number of furan rings is 1. The van der Waals surface area contributed by atoms with Gasteiger partial charge in [0.1, 0.15) is 11.8 Å². The zero-order valence-electron chi connectivity index (χ0n) is 17.6. The summed E-state index contributed by atoms with van der Waals surface area (Å²) in [4.78, 5) is 42.3. The number of amides is 3. The molecule has 1 fully saturated rings. The number of allylic oxidation sites excluding steroid dienone is 2. The summed E-state index contributed by atoms with van der Waals surface area (Å²) in [7, 11) is 3.83. The molecule has 158 valence electrons. The van der Waals surface area contributed by atoms with E-state index in [1.54, 1.807) is 6.26 Å². The summed E-state index contributed by atoms with van der Waals surface area (Å²) in [6, 6.07) is 2.77. The van der Waals surface area contributed by atoms with Crippen molar-refractivity contribution in [1.29, 1.82) is 0 Å². The van der Waals surface area contributed by atoms with Crippen LogP contribution in [-0.2, 0) is 14.4 Å². The Bertz CT molecular complexity index is 743. The van der Waals surface area contributed by atoms with Gasteiger partial charge in [-0.25, -0.2) is 0 Å². The van der Waals surface area contributed by atoms with Gasteiger partial charge >= 0.3 is 0 Å². The van der Waals surface area contributed by atoms with Crippen LogP contribution in [0.15, 0.2) is 35.0 Å². The molecule has 4 unspecified atom stereocenters. The number of imide groups is 1. The molecule has 0 radical (unpaired) electrons. The quantitative estimate of drug-likeness (QED) is 0.534. The Hall–Kier alpha value is -2.41. The van der Waals surface area contributed by atoms with Gasteiger partial charge in [0.05, 0.1) is 24.1 Å². The molecule has 2 heterocycles. The number of carbonyl (C=O) groups excluding carboxylic acids is 3. The number of carbonyl (C=O) groups is 3. The Morgan fingerprint density at radius 2 is 1.83 bits per heavy atom. The predicted molar refractivity (Wildman–Crippen MR) is 109 cm³/mol. The molecule has 1 aliphatic carbocycles. The normalized spacial score (nSPS) is 23.6. The predicted octanol–water partition coefficient (Wildman–Crippen LogP) is 2.36. The summed E-state index contributed by atoms with van der Waals surface area (Å²) in [6.07, 6.45) is 7.11. The van der Waals surface area contributed by atoms with Crippen LogP contribution >= 0.6 is 0 Å². The fourth-order valence-electron chi connectivity index (χ4n) is 4.24. The Labute approximate surface area is 172 Å². The molecular formula is C22H31N3O4. The van der Waals surface area contributed by atoms with Crippen LogP contribution in [0.4, 0.5) is 0 Å². The summed E-state index contributed by atoms with van der Waals surface area (Å²) in [5, 5.41) is 2.95. The van der Waals surface area contributed by atoms with E-state index < -0.39 is 6.04 Å². The molecule has 1 aliphatic heterocycles. The van der Waals surface area contributed by atoms with E-state index >= 15 is 0 Å². The van der Waals surface area contributed by atoms with E-state index in [0.29, 0.717) is 25.8 Å². The molecule has 3 amide bonds. The van der Waals surface area contributed by atoms with E-state index in [0.717, 1.165) is 5.76 Å². The lowest BCUT2D eigenvalue weighted by Gasteiger charge is -2.29. The summed E-state index contributed by atoms with van der Waals surface area (Å²) in [5.41, 5.74) is 0. The van der Waals surface area contributed by atoms with Crippen molar-refractivity contribution in [3.8, 4) is 0 Å². The number of nitrogens with one attached hydrogen (secondary N) is 1. The summed E-state index contributed by atoms with van der Waals surface area (Å²) in [5.74, 6) is -0.436. The van der Waals surface area contributed by atoms with Crippen LogP contribution in [0.2, 0.25) is 0 Å². The molecule has 0 saturated carbocycles. The topological polar surface area (TPSA) is 82.9 Å². The zero-order valence-corrected chi connectivity index (χ0v) is 17.6. The largest absolute Gasteiger partial charge is 0.468 e. The van der Waals surface area contributed by atoms with Gasteiger partial charge in [0.25, 0.3) is 0 Å². The van der Waals surface area contributed by atoms with Crippen molar-refractivity contribution < 1.29 is 18.8 Å². The lowest BCUT2D eigenvalue weighted by Crippen LogP contribution is -2.51. The smallest absolute Gasteiger partial charge is 0.243 e. The standard InChI is InChI=1S/C22H31N3O4/c1-14(2)12-17(25-21(27)15-8-5-6-9-16(15)22(25)28)20(26)23-13-18(24(3)4)19-10-7-11-29-19/h5-7,10-11,14-18H,8-9,12-13H2,1-4H3,(H,23,26). The van der Waals surface area contributed by atoms with Gasteiger partial charge in [-0.15, -0.1) is 0 Å². The van der Waals surface area contributed by atoms with Crippen LogP contribution in [-0.4, -0.2) is 54.2 Å². The second-order valence-electron chi connectivity index (χ2n) is 8.59. The maximum atomic E-state index is 13.1. The molecule has 3 rings (SSSR count). The minimum absolute atomic E-state index is 0.134. The first-order valence-corrected chi connectivity index (χ1v) is 10.3.